The maximum atomic E-state index is 15.4. The Morgan fingerprint density at radius 1 is 1.02 bits per heavy atom. The highest BCUT2D eigenvalue weighted by molar-refractivity contribution is 7.17. The summed E-state index contributed by atoms with van der Waals surface area (Å²) in [4.78, 5) is 68.5. The summed E-state index contributed by atoms with van der Waals surface area (Å²) in [5, 5.41) is 5.22. The van der Waals surface area contributed by atoms with Gasteiger partial charge in [0.15, 0.2) is 11.5 Å². The number of aromatic nitrogens is 3. The van der Waals surface area contributed by atoms with Crippen LogP contribution in [-0.4, -0.2) is 43.3 Å². The number of ether oxygens (including phenoxy) is 2. The molecule has 0 aliphatic carbocycles. The number of alkyl halides is 3. The van der Waals surface area contributed by atoms with Crippen LogP contribution < -0.4 is 21.4 Å². The zero-order chi connectivity index (χ0) is 38.2. The molecule has 1 N–H and O–H groups in total. The van der Waals surface area contributed by atoms with Crippen LogP contribution in [0.25, 0.3) is 21.5 Å². The SMILES string of the molecule is CCC(C)[C@H](NC(=O)OC(C)(C)C)C(=O)OCn1c(-c2ccc(F)c(C(F)(F)F)c2F)csc1=NC(=O)Cc1csc2c1c(=O)n(C)c(=O)n2C. The molecule has 0 aliphatic heterocycles. The second-order valence-corrected chi connectivity index (χ2v) is 14.2. The van der Waals surface area contributed by atoms with E-state index in [1.165, 1.54) is 24.0 Å². The number of thiophene rings is 1. The van der Waals surface area contributed by atoms with Gasteiger partial charge < -0.3 is 14.8 Å². The summed E-state index contributed by atoms with van der Waals surface area (Å²) in [5.74, 6) is -6.13. The molecule has 2 atom stereocenters. The summed E-state index contributed by atoms with van der Waals surface area (Å²) in [6.07, 6.45) is -6.36. The third-order valence-electron chi connectivity index (χ3n) is 7.73. The number of thiazole rings is 1. The third kappa shape index (κ3) is 8.46. The van der Waals surface area contributed by atoms with E-state index in [9.17, 15) is 41.5 Å². The van der Waals surface area contributed by atoms with Crippen LogP contribution in [0.3, 0.4) is 0 Å². The number of esters is 1. The molecule has 3 aromatic heterocycles. The van der Waals surface area contributed by atoms with E-state index in [2.05, 4.69) is 10.3 Å². The van der Waals surface area contributed by atoms with E-state index in [0.29, 0.717) is 28.7 Å². The highest BCUT2D eigenvalue weighted by atomic mass is 32.1. The number of nitrogens with zero attached hydrogens (tertiary/aromatic N) is 4. The molecular formula is C32H34F5N5O7S2. The fraction of sp³-hybridized carbons (Fsp3) is 0.438. The van der Waals surface area contributed by atoms with Crippen molar-refractivity contribution in [2.45, 2.75) is 72.0 Å². The smallest absolute Gasteiger partial charge is 0.422 e. The summed E-state index contributed by atoms with van der Waals surface area (Å²) in [7, 11) is 2.74. The first-order valence-corrected chi connectivity index (χ1v) is 17.1. The van der Waals surface area contributed by atoms with Crippen molar-refractivity contribution in [1.29, 1.82) is 0 Å². The third-order valence-corrected chi connectivity index (χ3v) is 9.70. The van der Waals surface area contributed by atoms with Crippen LogP contribution in [0.1, 0.15) is 52.2 Å². The van der Waals surface area contributed by atoms with Crippen LogP contribution in [0.15, 0.2) is 37.5 Å². The predicted molar refractivity (Wildman–Crippen MR) is 178 cm³/mol. The van der Waals surface area contributed by atoms with Gasteiger partial charge in [-0.1, -0.05) is 20.3 Å². The van der Waals surface area contributed by atoms with Crippen molar-refractivity contribution in [3.8, 4) is 11.3 Å². The zero-order valence-electron chi connectivity index (χ0n) is 28.4. The number of amides is 2. The molecular weight excluding hydrogens is 726 g/mol. The molecule has 3 heterocycles. The van der Waals surface area contributed by atoms with Gasteiger partial charge in [0.1, 0.15) is 33.7 Å². The fourth-order valence-electron chi connectivity index (χ4n) is 4.95. The van der Waals surface area contributed by atoms with Gasteiger partial charge in [0.2, 0.25) is 0 Å². The van der Waals surface area contributed by atoms with E-state index in [1.54, 1.807) is 34.6 Å². The van der Waals surface area contributed by atoms with Crippen molar-refractivity contribution in [3.63, 3.8) is 0 Å². The number of hydrogen-bond donors (Lipinski definition) is 1. The monoisotopic (exact) mass is 759 g/mol. The highest BCUT2D eigenvalue weighted by Gasteiger charge is 2.39. The van der Waals surface area contributed by atoms with Crippen molar-refractivity contribution in [1.82, 2.24) is 19.0 Å². The lowest BCUT2D eigenvalue weighted by atomic mass is 9.99. The predicted octanol–water partition coefficient (Wildman–Crippen LogP) is 5.24. The summed E-state index contributed by atoms with van der Waals surface area (Å²) < 4.78 is 84.2. The number of alkyl carbamates (subject to hydrolysis) is 1. The van der Waals surface area contributed by atoms with Crippen LogP contribution in [0.5, 0.6) is 0 Å². The average Bonchev–Trinajstić information content (AvgIpc) is 3.62. The lowest BCUT2D eigenvalue weighted by molar-refractivity contribution is -0.151. The minimum Gasteiger partial charge on any atom is -0.444 e. The van der Waals surface area contributed by atoms with Gasteiger partial charge in [-0.05, 0) is 49.8 Å². The Bertz CT molecular complexity index is 2190. The van der Waals surface area contributed by atoms with Crippen molar-refractivity contribution < 1.29 is 45.8 Å². The number of hydrogen-bond acceptors (Lipinski definition) is 9. The van der Waals surface area contributed by atoms with Crippen molar-refractivity contribution in [2.24, 2.45) is 25.0 Å². The van der Waals surface area contributed by atoms with Gasteiger partial charge in [0.05, 0.1) is 17.5 Å². The van der Waals surface area contributed by atoms with Crippen LogP contribution in [0, 0.1) is 17.6 Å². The van der Waals surface area contributed by atoms with E-state index in [1.807, 2.05) is 0 Å². The van der Waals surface area contributed by atoms with Crippen LogP contribution >= 0.6 is 22.7 Å². The molecule has 0 bridgehead atoms. The normalized spacial score (nSPS) is 13.7. The van der Waals surface area contributed by atoms with Crippen molar-refractivity contribution >= 4 is 50.9 Å². The summed E-state index contributed by atoms with van der Waals surface area (Å²) >= 11 is 1.74. The van der Waals surface area contributed by atoms with Gasteiger partial charge >= 0.3 is 23.9 Å². The Balaban J connectivity index is 1.78. The standard InChI is InChI=1S/C32H34F5N5O7S2/c1-8-15(2)24(39-29(46)49-31(3,4)5)27(45)48-14-42-19(17-9-10-18(33)22(23(17)34)32(35,36)37)13-51-28(42)38-20(43)11-16-12-50-26-21(16)25(44)40(6)30(47)41(26)7/h9-10,12-13,15,24H,8,11,14H2,1-7H3,(H,39,46)/t15?,24-/m0/s1. The molecule has 1 aromatic carbocycles. The second kappa shape index (κ2) is 14.9. The molecule has 12 nitrogen and oxygen atoms in total. The van der Waals surface area contributed by atoms with Gasteiger partial charge in [-0.2, -0.15) is 18.2 Å². The van der Waals surface area contributed by atoms with Crippen molar-refractivity contribution in [3.05, 3.63) is 71.3 Å². The first-order valence-electron chi connectivity index (χ1n) is 15.3. The minimum absolute atomic E-state index is 0.114. The number of halogens is 5. The average molecular weight is 760 g/mol. The van der Waals surface area contributed by atoms with E-state index < -0.39 is 88.9 Å². The van der Waals surface area contributed by atoms with E-state index >= 15 is 4.39 Å². The molecule has 1 unspecified atom stereocenters. The topological polar surface area (TPSA) is 143 Å². The molecule has 0 saturated heterocycles. The number of aryl methyl sites for hydroxylation is 1. The van der Waals surface area contributed by atoms with Gasteiger partial charge in [-0.25, -0.2) is 23.2 Å². The molecule has 0 saturated carbocycles. The Kier molecular flexibility index (Phi) is 11.4. The molecule has 0 fully saturated rings. The van der Waals surface area contributed by atoms with Crippen LogP contribution in [0.2, 0.25) is 0 Å². The largest absolute Gasteiger partial charge is 0.444 e. The first-order chi connectivity index (χ1) is 23.7. The molecule has 276 valence electrons. The number of nitrogens with one attached hydrogen (secondary N) is 1. The molecule has 2 amide bonds. The first kappa shape index (κ1) is 39.1. The summed E-state index contributed by atoms with van der Waals surface area (Å²) in [6, 6.07) is -0.0642. The van der Waals surface area contributed by atoms with Gasteiger partial charge in [0.25, 0.3) is 11.5 Å². The Labute approximate surface area is 294 Å². The number of benzene rings is 1. The quantitative estimate of drug-likeness (QED) is 0.182. The summed E-state index contributed by atoms with van der Waals surface area (Å²) in [6.45, 7) is 7.42. The van der Waals surface area contributed by atoms with Crippen LogP contribution in [-0.2, 0) is 52.5 Å². The van der Waals surface area contributed by atoms with Gasteiger partial charge in [-0.3, -0.25) is 23.3 Å². The van der Waals surface area contributed by atoms with Crippen molar-refractivity contribution in [2.75, 3.05) is 0 Å². The summed E-state index contributed by atoms with van der Waals surface area (Å²) in [5.41, 5.74) is -5.08. The fourth-order valence-corrected chi connectivity index (χ4v) is 6.89. The number of carbonyl (C=O) groups excluding carboxylic acids is 3. The van der Waals surface area contributed by atoms with Gasteiger partial charge in [-0.15, -0.1) is 22.7 Å². The lowest BCUT2D eigenvalue weighted by Gasteiger charge is -2.25. The molecule has 0 radical (unpaired) electrons. The Hall–Kier alpha value is -4.65. The molecule has 51 heavy (non-hydrogen) atoms. The van der Waals surface area contributed by atoms with E-state index in [0.717, 1.165) is 31.9 Å². The number of fused-ring (bicyclic) bond motifs is 1. The maximum Gasteiger partial charge on any atom is 0.422 e. The molecule has 19 heteroatoms. The Morgan fingerprint density at radius 2 is 1.69 bits per heavy atom. The Morgan fingerprint density at radius 3 is 2.29 bits per heavy atom. The molecule has 4 aromatic rings. The van der Waals surface area contributed by atoms with Crippen LogP contribution in [0.4, 0.5) is 26.7 Å². The van der Waals surface area contributed by atoms with E-state index in [4.69, 9.17) is 9.47 Å². The second-order valence-electron chi connectivity index (χ2n) is 12.5. The molecule has 0 spiro atoms. The molecule has 0 aliphatic rings. The molecule has 4 rings (SSSR count). The van der Waals surface area contributed by atoms with E-state index in [-0.39, 0.29) is 21.4 Å². The maximum absolute atomic E-state index is 15.4. The number of rotatable bonds is 9. The lowest BCUT2D eigenvalue weighted by Crippen LogP contribution is -2.48. The minimum atomic E-state index is -5.40. The highest BCUT2D eigenvalue weighted by Crippen LogP contribution is 2.37. The van der Waals surface area contributed by atoms with Gasteiger partial charge in [0, 0.05) is 25.0 Å². The zero-order valence-corrected chi connectivity index (χ0v) is 30.1. The number of carbonyl (C=O) groups is 3.